The normalized spacial score (nSPS) is 24.5. The van der Waals surface area contributed by atoms with Gasteiger partial charge in [-0.15, -0.1) is 11.3 Å². The zero-order chi connectivity index (χ0) is 16.7. The van der Waals surface area contributed by atoms with Crippen molar-refractivity contribution >= 4 is 33.3 Å². The predicted octanol–water partition coefficient (Wildman–Crippen LogP) is 1.81. The molecule has 24 heavy (non-hydrogen) atoms. The smallest absolute Gasteiger partial charge is 0.230 e. The van der Waals surface area contributed by atoms with Gasteiger partial charge in [0.25, 0.3) is 0 Å². The highest BCUT2D eigenvalue weighted by atomic mass is 32.1. The fourth-order valence-corrected chi connectivity index (χ4v) is 4.94. The molecule has 128 valence electrons. The number of rotatable bonds is 3. The summed E-state index contributed by atoms with van der Waals surface area (Å²) in [4.78, 5) is 26.2. The van der Waals surface area contributed by atoms with Crippen LogP contribution in [0.5, 0.6) is 0 Å². The number of aromatic nitrogens is 2. The number of piperidine rings is 1. The van der Waals surface area contributed by atoms with Crippen LogP contribution in [0.2, 0.25) is 0 Å². The van der Waals surface area contributed by atoms with Crippen molar-refractivity contribution in [1.29, 1.82) is 0 Å². The number of likely N-dealkylation sites (tertiary alicyclic amines) is 1. The molecule has 0 bridgehead atoms. The molecule has 2 aromatic rings. The number of anilines is 1. The number of aliphatic hydroxyl groups excluding tert-OH is 1. The van der Waals surface area contributed by atoms with Gasteiger partial charge in [-0.2, -0.15) is 0 Å². The molecule has 2 aromatic heterocycles. The summed E-state index contributed by atoms with van der Waals surface area (Å²) >= 11 is 1.66. The molecule has 7 heteroatoms. The number of β-amino-alcohol motifs (C(OH)–C–C–N with tert-alkyl or cyclic N) is 1. The van der Waals surface area contributed by atoms with Gasteiger partial charge in [0.1, 0.15) is 11.6 Å². The molecular weight excluding hydrogens is 324 g/mol. The van der Waals surface area contributed by atoms with Crippen LogP contribution in [-0.2, 0) is 4.79 Å². The molecule has 0 radical (unpaired) electrons. The first-order chi connectivity index (χ1) is 11.6. The summed E-state index contributed by atoms with van der Waals surface area (Å²) < 4.78 is 1.10. The maximum atomic E-state index is 13.0. The van der Waals surface area contributed by atoms with Gasteiger partial charge in [-0.1, -0.05) is 0 Å². The number of carbonyl (C=O) groups excluding carboxylic acids is 1. The van der Waals surface area contributed by atoms with Crippen molar-refractivity contribution in [3.8, 4) is 0 Å². The molecule has 0 aromatic carbocycles. The molecule has 4 rings (SSSR count). The molecular formula is C17H22N4O2S. The Morgan fingerprint density at radius 2 is 2.21 bits per heavy atom. The molecule has 1 atom stereocenters. The maximum absolute atomic E-state index is 13.0. The predicted molar refractivity (Wildman–Crippen MR) is 94.3 cm³/mol. The Labute approximate surface area is 145 Å². The summed E-state index contributed by atoms with van der Waals surface area (Å²) in [6, 6.07) is 2.03. The van der Waals surface area contributed by atoms with Crippen molar-refractivity contribution in [2.45, 2.75) is 26.2 Å². The van der Waals surface area contributed by atoms with Crippen LogP contribution in [-0.4, -0.2) is 58.7 Å². The average Bonchev–Trinajstić information content (AvgIpc) is 3.19. The monoisotopic (exact) mass is 346 g/mol. The van der Waals surface area contributed by atoms with Crippen LogP contribution in [0.3, 0.4) is 0 Å². The van der Waals surface area contributed by atoms with Crippen molar-refractivity contribution in [3.05, 3.63) is 17.3 Å². The van der Waals surface area contributed by atoms with Gasteiger partial charge in [-0.05, 0) is 37.6 Å². The van der Waals surface area contributed by atoms with Gasteiger partial charge in [0, 0.05) is 26.2 Å². The van der Waals surface area contributed by atoms with Crippen LogP contribution in [0.1, 0.15) is 25.1 Å². The Morgan fingerprint density at radius 1 is 1.33 bits per heavy atom. The van der Waals surface area contributed by atoms with E-state index in [4.69, 9.17) is 0 Å². The second-order valence-corrected chi connectivity index (χ2v) is 7.72. The lowest BCUT2D eigenvalue weighted by molar-refractivity contribution is -0.145. The van der Waals surface area contributed by atoms with Crippen LogP contribution >= 0.6 is 11.3 Å². The molecule has 1 N–H and O–H groups in total. The minimum absolute atomic E-state index is 0.0342. The van der Waals surface area contributed by atoms with E-state index in [0.29, 0.717) is 6.54 Å². The van der Waals surface area contributed by atoms with Gasteiger partial charge in [-0.25, -0.2) is 9.97 Å². The topological polar surface area (TPSA) is 69.6 Å². The lowest BCUT2D eigenvalue weighted by Gasteiger charge is -2.39. The second-order valence-electron chi connectivity index (χ2n) is 6.80. The first-order valence-electron chi connectivity index (χ1n) is 8.50. The fourth-order valence-electron chi connectivity index (χ4n) is 4.09. The SMILES string of the molecule is Cc1nc(N2CC[C@]3(CCCN(CCO)C3=O)C2)c2sccc2n1. The summed E-state index contributed by atoms with van der Waals surface area (Å²) in [5.74, 6) is 1.95. The maximum Gasteiger partial charge on any atom is 0.230 e. The van der Waals surface area contributed by atoms with Gasteiger partial charge >= 0.3 is 0 Å². The van der Waals surface area contributed by atoms with Gasteiger partial charge in [0.05, 0.1) is 22.2 Å². The van der Waals surface area contributed by atoms with E-state index in [2.05, 4.69) is 14.9 Å². The highest BCUT2D eigenvalue weighted by molar-refractivity contribution is 7.17. The third-order valence-corrected chi connectivity index (χ3v) is 6.14. The van der Waals surface area contributed by atoms with Crippen molar-refractivity contribution in [2.75, 3.05) is 37.7 Å². The molecule has 2 aliphatic heterocycles. The summed E-state index contributed by atoms with van der Waals surface area (Å²) in [7, 11) is 0. The molecule has 2 aliphatic rings. The van der Waals surface area contributed by atoms with Crippen LogP contribution in [0.25, 0.3) is 10.2 Å². The number of amides is 1. The number of hydrogen-bond donors (Lipinski definition) is 1. The zero-order valence-electron chi connectivity index (χ0n) is 13.9. The molecule has 6 nitrogen and oxygen atoms in total. The first kappa shape index (κ1) is 15.8. The Hall–Kier alpha value is -1.73. The van der Waals surface area contributed by atoms with E-state index in [-0.39, 0.29) is 17.9 Å². The third-order valence-electron chi connectivity index (χ3n) is 5.24. The minimum Gasteiger partial charge on any atom is -0.395 e. The molecule has 1 spiro atoms. The van der Waals surface area contributed by atoms with Crippen molar-refractivity contribution in [3.63, 3.8) is 0 Å². The number of carbonyl (C=O) groups is 1. The van der Waals surface area contributed by atoms with E-state index < -0.39 is 0 Å². The van der Waals surface area contributed by atoms with Gasteiger partial charge < -0.3 is 14.9 Å². The molecule has 0 unspecified atom stereocenters. The zero-order valence-corrected chi connectivity index (χ0v) is 14.7. The van der Waals surface area contributed by atoms with Crippen LogP contribution < -0.4 is 4.90 Å². The van der Waals surface area contributed by atoms with Crippen LogP contribution in [0.15, 0.2) is 11.4 Å². The van der Waals surface area contributed by atoms with Crippen molar-refractivity contribution in [1.82, 2.24) is 14.9 Å². The quantitative estimate of drug-likeness (QED) is 0.918. The molecule has 0 aliphatic carbocycles. The Morgan fingerprint density at radius 3 is 3.04 bits per heavy atom. The number of nitrogens with zero attached hydrogens (tertiary/aromatic N) is 4. The van der Waals surface area contributed by atoms with Crippen LogP contribution in [0, 0.1) is 12.3 Å². The van der Waals surface area contributed by atoms with E-state index in [0.717, 1.165) is 60.8 Å². The number of fused-ring (bicyclic) bond motifs is 1. The third kappa shape index (κ3) is 2.46. The van der Waals surface area contributed by atoms with Crippen LogP contribution in [0.4, 0.5) is 5.82 Å². The Balaban J connectivity index is 1.64. The molecule has 1 amide bonds. The van der Waals surface area contributed by atoms with E-state index in [9.17, 15) is 9.90 Å². The van der Waals surface area contributed by atoms with E-state index in [1.807, 2.05) is 23.3 Å². The number of aryl methyl sites for hydroxylation is 1. The lowest BCUT2D eigenvalue weighted by Crippen LogP contribution is -2.50. The second kappa shape index (κ2) is 5.97. The first-order valence-corrected chi connectivity index (χ1v) is 9.38. The highest BCUT2D eigenvalue weighted by Crippen LogP contribution is 2.42. The molecule has 2 saturated heterocycles. The summed E-state index contributed by atoms with van der Waals surface area (Å²) in [5, 5.41) is 11.2. The van der Waals surface area contributed by atoms with E-state index in [1.54, 1.807) is 11.3 Å². The van der Waals surface area contributed by atoms with Gasteiger partial charge in [-0.3, -0.25) is 4.79 Å². The average molecular weight is 346 g/mol. The minimum atomic E-state index is -0.310. The van der Waals surface area contributed by atoms with E-state index >= 15 is 0 Å². The fraction of sp³-hybridized carbons (Fsp3) is 0.588. The van der Waals surface area contributed by atoms with Gasteiger partial charge in [0.15, 0.2) is 0 Å². The number of hydrogen-bond acceptors (Lipinski definition) is 6. The van der Waals surface area contributed by atoms with Crippen molar-refractivity contribution in [2.24, 2.45) is 5.41 Å². The summed E-state index contributed by atoms with van der Waals surface area (Å²) in [5.41, 5.74) is 0.677. The largest absolute Gasteiger partial charge is 0.395 e. The number of thiophene rings is 1. The Bertz CT molecular complexity index is 775. The van der Waals surface area contributed by atoms with E-state index in [1.165, 1.54) is 0 Å². The standard InChI is InChI=1S/C17H22N4O2S/c1-12-18-13-3-10-24-14(13)15(19-12)21-7-5-17(11-21)4-2-6-20(8-9-22)16(17)23/h3,10,22H,2,4-9,11H2,1H3/t17-/m1/s1. The van der Waals surface area contributed by atoms with Crippen molar-refractivity contribution < 1.29 is 9.90 Å². The van der Waals surface area contributed by atoms with Gasteiger partial charge in [0.2, 0.25) is 5.91 Å². The lowest BCUT2D eigenvalue weighted by atomic mass is 9.78. The molecule has 2 fully saturated rings. The number of aliphatic hydroxyl groups is 1. The Kier molecular flexibility index (Phi) is 3.92. The molecule has 4 heterocycles. The highest BCUT2D eigenvalue weighted by Gasteiger charge is 2.48. The molecule has 0 saturated carbocycles. The summed E-state index contributed by atoms with van der Waals surface area (Å²) in [6.45, 7) is 4.73. The summed E-state index contributed by atoms with van der Waals surface area (Å²) in [6.07, 6.45) is 2.81.